The number of aliphatic carboxylic acids is 1. The standard InChI is InChI=1S/C15H14N2O6/c1-2-23-11-6-8(3-4-9(11)7-12(18)19)5-10-13(20)16-15(22)17-14(10)21/h3-6H,2,7H2,1H3,(H,18,19)(H2,16,17,20,21,22). The molecule has 2 rings (SSSR count). The van der Waals surface area contributed by atoms with E-state index in [4.69, 9.17) is 9.84 Å². The molecular weight excluding hydrogens is 304 g/mol. The molecule has 1 heterocycles. The number of ether oxygens (including phenoxy) is 1. The Labute approximate surface area is 131 Å². The molecule has 4 amide bonds. The topological polar surface area (TPSA) is 122 Å². The maximum absolute atomic E-state index is 11.7. The van der Waals surface area contributed by atoms with Gasteiger partial charge >= 0.3 is 12.0 Å². The van der Waals surface area contributed by atoms with E-state index >= 15 is 0 Å². The highest BCUT2D eigenvalue weighted by atomic mass is 16.5. The van der Waals surface area contributed by atoms with E-state index in [9.17, 15) is 19.2 Å². The third-order valence-electron chi connectivity index (χ3n) is 2.99. The Morgan fingerprint density at radius 1 is 1.22 bits per heavy atom. The molecule has 1 aliphatic rings. The van der Waals surface area contributed by atoms with E-state index < -0.39 is 23.8 Å². The van der Waals surface area contributed by atoms with Crippen molar-refractivity contribution in [3.8, 4) is 5.75 Å². The predicted molar refractivity (Wildman–Crippen MR) is 78.6 cm³/mol. The molecule has 0 saturated carbocycles. The van der Waals surface area contributed by atoms with Crippen molar-refractivity contribution in [2.45, 2.75) is 13.3 Å². The number of carboxylic acid groups (broad SMARTS) is 1. The number of amides is 4. The third-order valence-corrected chi connectivity index (χ3v) is 2.99. The Morgan fingerprint density at radius 2 is 1.87 bits per heavy atom. The van der Waals surface area contributed by atoms with Crippen LogP contribution in [0.4, 0.5) is 4.79 Å². The van der Waals surface area contributed by atoms with E-state index in [0.29, 0.717) is 23.5 Å². The van der Waals surface area contributed by atoms with Gasteiger partial charge < -0.3 is 9.84 Å². The lowest BCUT2D eigenvalue weighted by atomic mass is 10.0. The van der Waals surface area contributed by atoms with Gasteiger partial charge in [0.2, 0.25) is 0 Å². The number of barbiturate groups is 1. The van der Waals surface area contributed by atoms with Crippen LogP contribution in [0.1, 0.15) is 18.1 Å². The molecule has 8 heteroatoms. The van der Waals surface area contributed by atoms with E-state index in [0.717, 1.165) is 0 Å². The van der Waals surface area contributed by atoms with Crippen LogP contribution >= 0.6 is 0 Å². The van der Waals surface area contributed by atoms with Crippen molar-refractivity contribution in [2.75, 3.05) is 6.61 Å². The summed E-state index contributed by atoms with van der Waals surface area (Å²) in [6, 6.07) is 3.77. The summed E-state index contributed by atoms with van der Waals surface area (Å²) in [4.78, 5) is 45.2. The molecule has 0 aliphatic carbocycles. The van der Waals surface area contributed by atoms with Gasteiger partial charge in [-0.05, 0) is 24.6 Å². The van der Waals surface area contributed by atoms with Crippen LogP contribution in [-0.2, 0) is 20.8 Å². The summed E-state index contributed by atoms with van der Waals surface area (Å²) in [6.45, 7) is 2.09. The zero-order valence-electron chi connectivity index (χ0n) is 12.2. The van der Waals surface area contributed by atoms with Crippen LogP contribution in [0.5, 0.6) is 5.75 Å². The Kier molecular flexibility index (Phi) is 4.75. The van der Waals surface area contributed by atoms with E-state index in [1.54, 1.807) is 19.1 Å². The van der Waals surface area contributed by atoms with Gasteiger partial charge in [0, 0.05) is 5.56 Å². The van der Waals surface area contributed by atoms with Gasteiger partial charge in [0.1, 0.15) is 11.3 Å². The highest BCUT2D eigenvalue weighted by molar-refractivity contribution is 6.31. The second-order valence-corrected chi connectivity index (χ2v) is 4.67. The second-order valence-electron chi connectivity index (χ2n) is 4.67. The molecule has 0 unspecified atom stereocenters. The average Bonchev–Trinajstić information content (AvgIpc) is 2.45. The predicted octanol–water partition coefficient (Wildman–Crippen LogP) is 0.462. The number of carbonyl (C=O) groups excluding carboxylic acids is 3. The van der Waals surface area contributed by atoms with E-state index in [1.807, 2.05) is 10.6 Å². The molecule has 120 valence electrons. The van der Waals surface area contributed by atoms with Gasteiger partial charge in [-0.15, -0.1) is 0 Å². The van der Waals surface area contributed by atoms with E-state index in [2.05, 4.69) is 0 Å². The Bertz CT molecular complexity index is 701. The lowest BCUT2D eigenvalue weighted by molar-refractivity contribution is -0.136. The largest absolute Gasteiger partial charge is 0.494 e. The SMILES string of the molecule is CCOc1cc(C=C2C(=O)NC(=O)NC2=O)ccc1CC(=O)O. The summed E-state index contributed by atoms with van der Waals surface area (Å²) in [6.07, 6.45) is 1.09. The minimum Gasteiger partial charge on any atom is -0.494 e. The summed E-state index contributed by atoms with van der Waals surface area (Å²) >= 11 is 0. The smallest absolute Gasteiger partial charge is 0.328 e. The van der Waals surface area contributed by atoms with Crippen LogP contribution in [0.2, 0.25) is 0 Å². The first-order valence-electron chi connectivity index (χ1n) is 6.76. The Balaban J connectivity index is 2.36. The van der Waals surface area contributed by atoms with Crippen molar-refractivity contribution in [2.24, 2.45) is 0 Å². The highest BCUT2D eigenvalue weighted by Gasteiger charge is 2.27. The second kappa shape index (κ2) is 6.73. The molecule has 8 nitrogen and oxygen atoms in total. The molecule has 0 bridgehead atoms. The first-order chi connectivity index (χ1) is 10.9. The van der Waals surface area contributed by atoms with E-state index in [1.165, 1.54) is 12.1 Å². The van der Waals surface area contributed by atoms with Gasteiger partial charge in [0.25, 0.3) is 11.8 Å². The number of urea groups is 1. The van der Waals surface area contributed by atoms with Crippen LogP contribution < -0.4 is 15.4 Å². The maximum atomic E-state index is 11.7. The Hall–Kier alpha value is -3.16. The average molecular weight is 318 g/mol. The number of benzene rings is 1. The number of rotatable bonds is 5. The highest BCUT2D eigenvalue weighted by Crippen LogP contribution is 2.23. The van der Waals surface area contributed by atoms with Gasteiger partial charge in [0.15, 0.2) is 0 Å². The molecule has 1 fully saturated rings. The Morgan fingerprint density at radius 3 is 2.43 bits per heavy atom. The van der Waals surface area contributed by atoms with Crippen LogP contribution in [0.25, 0.3) is 6.08 Å². The maximum Gasteiger partial charge on any atom is 0.328 e. The normalized spacial score (nSPS) is 14.1. The van der Waals surface area contributed by atoms with Gasteiger partial charge in [-0.25, -0.2) is 4.79 Å². The molecule has 3 N–H and O–H groups in total. The van der Waals surface area contributed by atoms with Crippen molar-refractivity contribution in [3.05, 3.63) is 34.9 Å². The summed E-state index contributed by atoms with van der Waals surface area (Å²) in [7, 11) is 0. The monoisotopic (exact) mass is 318 g/mol. The zero-order valence-corrected chi connectivity index (χ0v) is 12.2. The third kappa shape index (κ3) is 3.94. The van der Waals surface area contributed by atoms with Gasteiger partial charge in [-0.2, -0.15) is 0 Å². The van der Waals surface area contributed by atoms with Crippen molar-refractivity contribution in [3.63, 3.8) is 0 Å². The van der Waals surface area contributed by atoms with Gasteiger partial charge in [-0.3, -0.25) is 25.0 Å². The van der Waals surface area contributed by atoms with Gasteiger partial charge in [-0.1, -0.05) is 12.1 Å². The molecule has 0 radical (unpaired) electrons. The molecule has 0 spiro atoms. The number of hydrogen-bond acceptors (Lipinski definition) is 5. The molecule has 0 atom stereocenters. The number of carboxylic acids is 1. The summed E-state index contributed by atoms with van der Waals surface area (Å²) < 4.78 is 5.39. The van der Waals surface area contributed by atoms with Crippen molar-refractivity contribution in [1.82, 2.24) is 10.6 Å². The summed E-state index contributed by atoms with van der Waals surface area (Å²) in [5, 5.41) is 12.8. The first kappa shape index (κ1) is 16.2. The fraction of sp³-hybridized carbons (Fsp3) is 0.200. The summed E-state index contributed by atoms with van der Waals surface area (Å²) in [5.74, 6) is -2.24. The molecule has 1 aromatic rings. The fourth-order valence-electron chi connectivity index (χ4n) is 2.03. The first-order valence-corrected chi connectivity index (χ1v) is 6.76. The molecule has 1 aromatic carbocycles. The molecule has 0 aromatic heterocycles. The van der Waals surface area contributed by atoms with Crippen LogP contribution in [0.3, 0.4) is 0 Å². The fourth-order valence-corrected chi connectivity index (χ4v) is 2.03. The molecule has 1 aliphatic heterocycles. The lowest BCUT2D eigenvalue weighted by Gasteiger charge is -2.14. The quantitative estimate of drug-likeness (QED) is 0.535. The molecular formula is C15H14N2O6. The summed E-state index contributed by atoms with van der Waals surface area (Å²) in [5.41, 5.74) is 0.726. The van der Waals surface area contributed by atoms with Crippen LogP contribution in [0, 0.1) is 0 Å². The number of hydrogen-bond donors (Lipinski definition) is 3. The van der Waals surface area contributed by atoms with Crippen LogP contribution in [-0.4, -0.2) is 35.5 Å². The van der Waals surface area contributed by atoms with Crippen molar-refractivity contribution in [1.29, 1.82) is 0 Å². The molecule has 1 saturated heterocycles. The number of imide groups is 2. The number of nitrogens with one attached hydrogen (secondary N) is 2. The van der Waals surface area contributed by atoms with Crippen molar-refractivity contribution >= 4 is 29.9 Å². The van der Waals surface area contributed by atoms with Crippen molar-refractivity contribution < 1.29 is 29.0 Å². The van der Waals surface area contributed by atoms with E-state index in [-0.39, 0.29) is 12.0 Å². The minimum atomic E-state index is -0.999. The van der Waals surface area contributed by atoms with Gasteiger partial charge in [0.05, 0.1) is 13.0 Å². The van der Waals surface area contributed by atoms with Crippen LogP contribution in [0.15, 0.2) is 23.8 Å². The lowest BCUT2D eigenvalue weighted by Crippen LogP contribution is -2.51. The number of carbonyl (C=O) groups is 4. The minimum absolute atomic E-state index is 0.207. The zero-order chi connectivity index (χ0) is 17.0. The molecule has 23 heavy (non-hydrogen) atoms.